The first-order chi connectivity index (χ1) is 14.9. The molecule has 0 saturated carbocycles. The largest absolute Gasteiger partial charge is 0.268 e. The van der Waals surface area contributed by atoms with Crippen LogP contribution in [-0.4, -0.2) is 9.78 Å². The van der Waals surface area contributed by atoms with Crippen LogP contribution in [0.1, 0.15) is 46.7 Å². The lowest BCUT2D eigenvalue weighted by molar-refractivity contribution is 0.350. The van der Waals surface area contributed by atoms with Crippen molar-refractivity contribution in [3.63, 3.8) is 0 Å². The van der Waals surface area contributed by atoms with Gasteiger partial charge in [-0.1, -0.05) is 91.0 Å². The van der Waals surface area contributed by atoms with E-state index in [0.29, 0.717) is 5.56 Å². The molecule has 0 N–H and O–H groups in total. The smallest absolute Gasteiger partial charge is 0.103 e. The Morgan fingerprint density at radius 2 is 1.30 bits per heavy atom. The fourth-order valence-corrected chi connectivity index (χ4v) is 5.24. The summed E-state index contributed by atoms with van der Waals surface area (Å²) in [6, 6.07) is 34.6. The number of fused-ring (bicyclic) bond motifs is 1. The van der Waals surface area contributed by atoms with E-state index in [-0.39, 0.29) is 5.92 Å². The van der Waals surface area contributed by atoms with Crippen molar-refractivity contribution in [2.75, 3.05) is 0 Å². The number of nitrogens with zero attached hydrogens (tertiary/aromatic N) is 3. The summed E-state index contributed by atoms with van der Waals surface area (Å²) in [6.07, 6.45) is 3.77. The zero-order valence-electron chi connectivity index (χ0n) is 16.8. The van der Waals surface area contributed by atoms with Gasteiger partial charge in [-0.3, -0.25) is 4.68 Å². The van der Waals surface area contributed by atoms with Crippen molar-refractivity contribution in [1.29, 1.82) is 5.26 Å². The predicted molar refractivity (Wildman–Crippen MR) is 118 cm³/mol. The van der Waals surface area contributed by atoms with E-state index in [9.17, 15) is 5.26 Å². The second-order valence-electron chi connectivity index (χ2n) is 7.88. The Labute approximate surface area is 177 Å². The van der Waals surface area contributed by atoms with E-state index in [1.54, 1.807) is 6.20 Å². The summed E-state index contributed by atoms with van der Waals surface area (Å²) in [7, 11) is 0. The maximum absolute atomic E-state index is 9.87. The van der Waals surface area contributed by atoms with Crippen LogP contribution in [0.15, 0.2) is 97.2 Å². The van der Waals surface area contributed by atoms with E-state index in [0.717, 1.165) is 25.1 Å². The first-order valence-corrected chi connectivity index (χ1v) is 10.5. The number of hydrogen-bond acceptors (Lipinski definition) is 2. The minimum Gasteiger partial charge on any atom is -0.268 e. The highest BCUT2D eigenvalue weighted by Gasteiger charge is 2.47. The van der Waals surface area contributed by atoms with Gasteiger partial charge in [0.15, 0.2) is 0 Å². The molecule has 0 spiro atoms. The molecule has 0 fully saturated rings. The second kappa shape index (κ2) is 7.65. The number of aryl methyl sites for hydroxylation is 1. The van der Waals surface area contributed by atoms with E-state index in [1.165, 1.54) is 16.7 Å². The van der Waals surface area contributed by atoms with Gasteiger partial charge in [-0.2, -0.15) is 10.4 Å². The Morgan fingerprint density at radius 1 is 0.800 bits per heavy atom. The quantitative estimate of drug-likeness (QED) is 0.422. The molecule has 30 heavy (non-hydrogen) atoms. The van der Waals surface area contributed by atoms with Crippen LogP contribution in [0.3, 0.4) is 0 Å². The highest BCUT2D eigenvalue weighted by atomic mass is 15.3. The third-order valence-electron chi connectivity index (χ3n) is 6.40. The summed E-state index contributed by atoms with van der Waals surface area (Å²) in [6.45, 7) is 0.863. The van der Waals surface area contributed by atoms with E-state index < -0.39 is 5.41 Å². The summed E-state index contributed by atoms with van der Waals surface area (Å²) in [4.78, 5) is 0. The average molecular weight is 390 g/mol. The van der Waals surface area contributed by atoms with Crippen molar-refractivity contribution in [1.82, 2.24) is 9.78 Å². The monoisotopic (exact) mass is 389 g/mol. The molecule has 1 atom stereocenters. The van der Waals surface area contributed by atoms with Gasteiger partial charge >= 0.3 is 0 Å². The Bertz CT molecular complexity index is 1070. The summed E-state index contributed by atoms with van der Waals surface area (Å²) in [5.41, 5.74) is 5.06. The molecule has 146 valence electrons. The molecule has 0 bridgehead atoms. The molecular weight excluding hydrogens is 366 g/mol. The molecule has 3 heteroatoms. The Morgan fingerprint density at radius 3 is 1.77 bits per heavy atom. The maximum atomic E-state index is 9.87. The van der Waals surface area contributed by atoms with E-state index >= 15 is 0 Å². The molecule has 3 aromatic carbocycles. The van der Waals surface area contributed by atoms with Crippen molar-refractivity contribution in [2.45, 2.75) is 30.7 Å². The fraction of sp³-hybridized carbons (Fsp3) is 0.185. The van der Waals surface area contributed by atoms with Crippen LogP contribution in [0.5, 0.6) is 0 Å². The van der Waals surface area contributed by atoms with Gasteiger partial charge in [0, 0.05) is 12.5 Å². The lowest BCUT2D eigenvalue weighted by Crippen LogP contribution is -2.39. The van der Waals surface area contributed by atoms with Crippen LogP contribution < -0.4 is 0 Å². The summed E-state index contributed by atoms with van der Waals surface area (Å²) in [5.74, 6) is 0.107. The lowest BCUT2D eigenvalue weighted by atomic mass is 9.59. The number of nitriles is 1. The van der Waals surface area contributed by atoms with Gasteiger partial charge in [-0.25, -0.2) is 0 Å². The van der Waals surface area contributed by atoms with Gasteiger partial charge in [0.05, 0.1) is 22.9 Å². The van der Waals surface area contributed by atoms with Gasteiger partial charge in [0.1, 0.15) is 6.07 Å². The standard InChI is InChI=1S/C27H23N3/c28-19-21-20-29-30-18-10-17-25(26(21)30)27(22-11-4-1-5-12-22,23-13-6-2-7-14-23)24-15-8-3-9-16-24/h1-9,11-16,20,25H,10,17-18H2. The molecule has 3 nitrogen and oxygen atoms in total. The van der Waals surface area contributed by atoms with Crippen LogP contribution in [0.4, 0.5) is 0 Å². The second-order valence-corrected chi connectivity index (χ2v) is 7.88. The van der Waals surface area contributed by atoms with Crippen molar-refractivity contribution in [2.24, 2.45) is 0 Å². The first kappa shape index (κ1) is 18.4. The molecule has 2 heterocycles. The fourth-order valence-electron chi connectivity index (χ4n) is 5.24. The summed E-state index contributed by atoms with van der Waals surface area (Å²) < 4.78 is 2.05. The van der Waals surface area contributed by atoms with Crippen LogP contribution >= 0.6 is 0 Å². The van der Waals surface area contributed by atoms with Crippen LogP contribution in [0.25, 0.3) is 0 Å². The molecule has 1 aliphatic heterocycles. The maximum Gasteiger partial charge on any atom is 0.103 e. The molecule has 0 saturated heterocycles. The normalized spacial score (nSPS) is 15.9. The number of hydrogen-bond donors (Lipinski definition) is 0. The summed E-state index contributed by atoms with van der Waals surface area (Å²) >= 11 is 0. The van der Waals surface area contributed by atoms with Crippen LogP contribution in [-0.2, 0) is 12.0 Å². The molecule has 1 aliphatic rings. The van der Waals surface area contributed by atoms with E-state index in [2.05, 4.69) is 107 Å². The Balaban J connectivity index is 1.90. The highest BCUT2D eigenvalue weighted by Crippen LogP contribution is 2.53. The molecule has 4 aromatic rings. The Kier molecular flexibility index (Phi) is 4.69. The van der Waals surface area contributed by atoms with Crippen molar-refractivity contribution in [3.8, 4) is 6.07 Å². The topological polar surface area (TPSA) is 41.6 Å². The number of rotatable bonds is 4. The van der Waals surface area contributed by atoms with E-state index in [4.69, 9.17) is 0 Å². The van der Waals surface area contributed by atoms with Crippen molar-refractivity contribution >= 4 is 0 Å². The third-order valence-corrected chi connectivity index (χ3v) is 6.40. The minimum absolute atomic E-state index is 0.107. The lowest BCUT2D eigenvalue weighted by Gasteiger charge is -2.44. The molecule has 1 unspecified atom stereocenters. The Hall–Kier alpha value is -3.64. The molecule has 5 rings (SSSR count). The van der Waals surface area contributed by atoms with Gasteiger partial charge in [0.25, 0.3) is 0 Å². The van der Waals surface area contributed by atoms with Gasteiger partial charge < -0.3 is 0 Å². The molecule has 0 amide bonds. The summed E-state index contributed by atoms with van der Waals surface area (Å²) in [5, 5.41) is 14.4. The average Bonchev–Trinajstić information content (AvgIpc) is 3.26. The minimum atomic E-state index is -0.409. The zero-order chi connectivity index (χ0) is 20.4. The SMILES string of the molecule is N#Cc1cnn2c1C(C(c1ccccc1)(c1ccccc1)c1ccccc1)CCC2. The number of benzene rings is 3. The highest BCUT2D eigenvalue weighted by molar-refractivity contribution is 5.55. The van der Waals surface area contributed by atoms with Gasteiger partial charge in [-0.05, 0) is 29.5 Å². The molecule has 0 aliphatic carbocycles. The predicted octanol–water partition coefficient (Wildman–Crippen LogP) is 5.67. The van der Waals surface area contributed by atoms with Crippen molar-refractivity contribution < 1.29 is 0 Å². The van der Waals surface area contributed by atoms with Crippen LogP contribution in [0.2, 0.25) is 0 Å². The van der Waals surface area contributed by atoms with Crippen molar-refractivity contribution in [3.05, 3.63) is 125 Å². The van der Waals surface area contributed by atoms with Crippen LogP contribution in [0, 0.1) is 11.3 Å². The first-order valence-electron chi connectivity index (χ1n) is 10.5. The molecular formula is C27H23N3. The van der Waals surface area contributed by atoms with Gasteiger partial charge in [0.2, 0.25) is 0 Å². The molecule has 1 aromatic heterocycles. The number of aromatic nitrogens is 2. The van der Waals surface area contributed by atoms with E-state index in [1.807, 2.05) is 0 Å². The third kappa shape index (κ3) is 2.76. The zero-order valence-corrected chi connectivity index (χ0v) is 16.8. The molecule has 0 radical (unpaired) electrons. The van der Waals surface area contributed by atoms with Gasteiger partial charge in [-0.15, -0.1) is 0 Å².